The maximum Gasteiger partial charge on any atom is 0.416 e. The number of likely N-dealkylation sites (tertiary alicyclic amines) is 1. The quantitative estimate of drug-likeness (QED) is 0.768. The molecule has 31 heavy (non-hydrogen) atoms. The molecule has 0 spiro atoms. The summed E-state index contributed by atoms with van der Waals surface area (Å²) in [6.45, 7) is 6.18. The number of aromatic amines is 1. The van der Waals surface area contributed by atoms with Crippen molar-refractivity contribution >= 4 is 21.7 Å². The highest BCUT2D eigenvalue weighted by atomic mass is 32.2. The number of hydrogen-bond donors (Lipinski definition) is 1. The van der Waals surface area contributed by atoms with E-state index < -0.39 is 22.5 Å². The van der Waals surface area contributed by atoms with Gasteiger partial charge < -0.3 is 14.8 Å². The zero-order valence-electron chi connectivity index (χ0n) is 17.7. The second-order valence-electron chi connectivity index (χ2n) is 9.40. The van der Waals surface area contributed by atoms with Crippen LogP contribution in [0, 0.1) is 11.8 Å². The lowest BCUT2D eigenvalue weighted by Gasteiger charge is -2.41. The van der Waals surface area contributed by atoms with Crippen LogP contribution in [0.5, 0.6) is 0 Å². The summed E-state index contributed by atoms with van der Waals surface area (Å²) in [6.07, 6.45) is -0.196. The molecule has 1 aromatic carbocycles. The van der Waals surface area contributed by atoms with Crippen LogP contribution >= 0.6 is 0 Å². The second-order valence-corrected chi connectivity index (χ2v) is 11.1. The van der Waals surface area contributed by atoms with E-state index in [0.29, 0.717) is 11.8 Å². The summed E-state index contributed by atoms with van der Waals surface area (Å²) in [5, 5.41) is 0.753. The van der Waals surface area contributed by atoms with Gasteiger partial charge in [-0.1, -0.05) is 0 Å². The third-order valence-corrected chi connectivity index (χ3v) is 8.72. The summed E-state index contributed by atoms with van der Waals surface area (Å²) >= 11 is 0. The van der Waals surface area contributed by atoms with Crippen molar-refractivity contribution in [2.75, 3.05) is 50.8 Å². The van der Waals surface area contributed by atoms with Crippen LogP contribution in [0.4, 0.5) is 13.2 Å². The maximum absolute atomic E-state index is 13.2. The lowest BCUT2D eigenvalue weighted by atomic mass is 9.74. The summed E-state index contributed by atoms with van der Waals surface area (Å²) < 4.78 is 51.1. The number of benzene rings is 1. The van der Waals surface area contributed by atoms with E-state index >= 15 is 0 Å². The van der Waals surface area contributed by atoms with Crippen molar-refractivity contribution in [2.24, 2.45) is 11.8 Å². The summed E-state index contributed by atoms with van der Waals surface area (Å²) in [6, 6.07) is 4.10. The lowest BCUT2D eigenvalue weighted by molar-refractivity contribution is -0.137. The Labute approximate surface area is 183 Å². The molecular weight excluding hydrogens is 423 g/mol. The fourth-order valence-corrected chi connectivity index (χ4v) is 6.82. The van der Waals surface area contributed by atoms with Gasteiger partial charge in [-0.15, -0.1) is 0 Å². The molecule has 8 heteroatoms. The third kappa shape index (κ3) is 4.57. The van der Waals surface area contributed by atoms with Crippen molar-refractivity contribution in [3.63, 3.8) is 0 Å². The van der Waals surface area contributed by atoms with Crippen LogP contribution in [-0.4, -0.2) is 69.8 Å². The summed E-state index contributed by atoms with van der Waals surface area (Å²) in [5.74, 6) is 2.75. The number of nitrogens with one attached hydrogen (secondary N) is 1. The van der Waals surface area contributed by atoms with Crippen molar-refractivity contribution in [1.29, 1.82) is 0 Å². The summed E-state index contributed by atoms with van der Waals surface area (Å²) in [4.78, 5) is 8.37. The Balaban J connectivity index is 1.22. The molecular formula is C23H30F3N3OS. The van der Waals surface area contributed by atoms with Crippen molar-refractivity contribution in [1.82, 2.24) is 14.8 Å². The minimum absolute atomic E-state index is 0.521. The van der Waals surface area contributed by atoms with Crippen LogP contribution in [0.2, 0.25) is 0 Å². The van der Waals surface area contributed by atoms with Crippen LogP contribution in [0.25, 0.3) is 10.9 Å². The highest BCUT2D eigenvalue weighted by molar-refractivity contribution is 7.85. The number of fused-ring (bicyclic) bond motifs is 4. The van der Waals surface area contributed by atoms with E-state index in [2.05, 4.69) is 14.8 Å². The van der Waals surface area contributed by atoms with Gasteiger partial charge in [0.1, 0.15) is 0 Å². The molecule has 3 aliphatic rings. The van der Waals surface area contributed by atoms with Crippen LogP contribution in [0.15, 0.2) is 18.2 Å². The molecule has 0 bridgehead atoms. The fourth-order valence-electron chi connectivity index (χ4n) is 5.69. The first-order valence-electron chi connectivity index (χ1n) is 11.4. The predicted molar refractivity (Wildman–Crippen MR) is 118 cm³/mol. The smallest absolute Gasteiger partial charge is 0.358 e. The largest absolute Gasteiger partial charge is 0.416 e. The minimum atomic E-state index is -4.30. The molecule has 0 saturated carbocycles. The molecule has 2 unspecified atom stereocenters. The SMILES string of the molecule is O=S1CCN(CCCN2CCC3Cc4[nH]c5ccc(C(F)(F)F)cc5c4CC3C2)CC1. The number of alkyl halides is 3. The van der Waals surface area contributed by atoms with Gasteiger partial charge in [0.25, 0.3) is 0 Å². The Morgan fingerprint density at radius 2 is 1.81 bits per heavy atom. The van der Waals surface area contributed by atoms with Crippen molar-refractivity contribution < 1.29 is 17.4 Å². The lowest BCUT2D eigenvalue weighted by Crippen LogP contribution is -2.45. The van der Waals surface area contributed by atoms with Gasteiger partial charge in [-0.2, -0.15) is 13.2 Å². The first-order chi connectivity index (χ1) is 14.9. The first kappa shape index (κ1) is 21.5. The zero-order chi connectivity index (χ0) is 21.6. The number of nitrogens with zero attached hydrogens (tertiary/aromatic N) is 2. The van der Waals surface area contributed by atoms with Crippen LogP contribution in [-0.2, 0) is 29.8 Å². The third-order valence-electron chi connectivity index (χ3n) is 7.45. The molecule has 2 atom stereocenters. The highest BCUT2D eigenvalue weighted by Crippen LogP contribution is 2.40. The molecule has 170 valence electrons. The Bertz CT molecular complexity index is 963. The van der Waals surface area contributed by atoms with Crippen molar-refractivity contribution in [3.05, 3.63) is 35.0 Å². The van der Waals surface area contributed by atoms with Crippen LogP contribution in [0.1, 0.15) is 29.7 Å². The van der Waals surface area contributed by atoms with E-state index in [0.717, 1.165) is 98.6 Å². The number of aromatic nitrogens is 1. The van der Waals surface area contributed by atoms with Gasteiger partial charge >= 0.3 is 6.18 Å². The van der Waals surface area contributed by atoms with E-state index in [-0.39, 0.29) is 0 Å². The molecule has 4 nitrogen and oxygen atoms in total. The molecule has 5 rings (SSSR count). The molecule has 2 aromatic rings. The zero-order valence-corrected chi connectivity index (χ0v) is 18.5. The Hall–Kier alpha value is -1.38. The average molecular weight is 454 g/mol. The Morgan fingerprint density at radius 3 is 2.58 bits per heavy atom. The van der Waals surface area contributed by atoms with E-state index in [4.69, 9.17) is 0 Å². The summed E-state index contributed by atoms with van der Waals surface area (Å²) in [7, 11) is -0.624. The Morgan fingerprint density at radius 1 is 1.03 bits per heavy atom. The minimum Gasteiger partial charge on any atom is -0.358 e. The molecule has 0 amide bonds. The van der Waals surface area contributed by atoms with Gasteiger partial charge in [-0.3, -0.25) is 4.21 Å². The van der Waals surface area contributed by atoms with Gasteiger partial charge in [0, 0.05) is 58.5 Å². The molecule has 2 saturated heterocycles. The van der Waals surface area contributed by atoms with Gasteiger partial charge in [-0.25, -0.2) is 0 Å². The monoisotopic (exact) mass is 453 g/mol. The van der Waals surface area contributed by atoms with Gasteiger partial charge in [0.15, 0.2) is 0 Å². The van der Waals surface area contributed by atoms with E-state index in [1.807, 2.05) is 0 Å². The molecule has 2 fully saturated rings. The predicted octanol–water partition coefficient (Wildman–Crippen LogP) is 3.68. The number of hydrogen-bond acceptors (Lipinski definition) is 3. The number of H-pyrrole nitrogens is 1. The molecule has 2 aliphatic heterocycles. The number of halogens is 3. The number of piperidine rings is 1. The number of rotatable bonds is 4. The molecule has 1 aliphatic carbocycles. The van der Waals surface area contributed by atoms with E-state index in [1.54, 1.807) is 6.07 Å². The van der Waals surface area contributed by atoms with Gasteiger partial charge in [0.05, 0.1) is 5.56 Å². The molecule has 1 N–H and O–H groups in total. The Kier molecular flexibility index (Phi) is 5.90. The maximum atomic E-state index is 13.2. The van der Waals surface area contributed by atoms with Crippen LogP contribution in [0.3, 0.4) is 0 Å². The highest BCUT2D eigenvalue weighted by Gasteiger charge is 2.36. The van der Waals surface area contributed by atoms with E-state index in [9.17, 15) is 17.4 Å². The van der Waals surface area contributed by atoms with Crippen LogP contribution < -0.4 is 0 Å². The normalized spacial score (nSPS) is 26.2. The van der Waals surface area contributed by atoms with Crippen molar-refractivity contribution in [3.8, 4) is 0 Å². The van der Waals surface area contributed by atoms with E-state index in [1.165, 1.54) is 12.1 Å². The van der Waals surface area contributed by atoms with Crippen molar-refractivity contribution in [2.45, 2.75) is 31.9 Å². The van der Waals surface area contributed by atoms with Gasteiger partial charge in [-0.05, 0) is 80.9 Å². The average Bonchev–Trinajstić information content (AvgIpc) is 3.09. The van der Waals surface area contributed by atoms with Gasteiger partial charge in [0.2, 0.25) is 0 Å². The molecule has 3 heterocycles. The summed E-state index contributed by atoms with van der Waals surface area (Å²) in [5.41, 5.74) is 2.52. The standard InChI is InChI=1S/C23H30F3N3OS/c24-23(25,26)18-2-3-21-20(14-18)19-12-17-15-29(7-4-16(17)13-22(19)27-21)6-1-5-28-8-10-31(30)11-9-28/h2-3,14,16-17,27H,1,4-13,15H2. The second kappa shape index (κ2) is 8.52. The fraction of sp³-hybridized carbons (Fsp3) is 0.652. The molecule has 1 aromatic heterocycles. The molecule has 0 radical (unpaired) electrons. The topological polar surface area (TPSA) is 39.3 Å². The first-order valence-corrected chi connectivity index (χ1v) is 12.9.